The number of methoxy groups -OCH3 is 1. The Labute approximate surface area is 152 Å². The molecule has 1 saturated heterocycles. The number of carbonyl (C=O) groups is 2. The Bertz CT molecular complexity index is 625. The summed E-state index contributed by atoms with van der Waals surface area (Å²) in [7, 11) is 1.62. The largest absolute Gasteiger partial charge is 0.384 e. The summed E-state index contributed by atoms with van der Waals surface area (Å²) in [6, 6.07) is 0. The molecule has 0 radical (unpaired) electrons. The molecule has 3 rings (SSSR count). The van der Waals surface area contributed by atoms with E-state index in [1.807, 2.05) is 16.7 Å². The van der Waals surface area contributed by atoms with Gasteiger partial charge >= 0.3 is 0 Å². The van der Waals surface area contributed by atoms with Crippen molar-refractivity contribution in [2.24, 2.45) is 0 Å². The Morgan fingerprint density at radius 1 is 1.12 bits per heavy atom. The molecule has 0 aromatic carbocycles. The lowest BCUT2D eigenvalue weighted by molar-refractivity contribution is -0.132. The van der Waals surface area contributed by atoms with Crippen molar-refractivity contribution in [2.45, 2.75) is 32.7 Å². The van der Waals surface area contributed by atoms with Crippen LogP contribution in [0.25, 0.3) is 0 Å². The summed E-state index contributed by atoms with van der Waals surface area (Å²) in [5, 5.41) is 1.03. The van der Waals surface area contributed by atoms with Crippen LogP contribution in [-0.4, -0.2) is 73.0 Å². The van der Waals surface area contributed by atoms with Crippen LogP contribution in [0.5, 0.6) is 0 Å². The predicted molar refractivity (Wildman–Crippen MR) is 96.8 cm³/mol. The lowest BCUT2D eigenvalue weighted by atomic mass is 10.1. The maximum absolute atomic E-state index is 12.1. The van der Waals surface area contributed by atoms with E-state index in [9.17, 15) is 9.59 Å². The average molecular weight is 366 g/mol. The van der Waals surface area contributed by atoms with Gasteiger partial charge in [-0.05, 0) is 0 Å². The van der Waals surface area contributed by atoms with E-state index in [0.29, 0.717) is 26.0 Å². The molecular formula is C17H26N4O3S. The molecule has 1 fully saturated rings. The molecule has 1 aromatic heterocycles. The quantitative estimate of drug-likeness (QED) is 0.781. The maximum atomic E-state index is 12.1. The van der Waals surface area contributed by atoms with Gasteiger partial charge in [-0.25, -0.2) is 4.98 Å². The fraction of sp³-hybridized carbons (Fsp3) is 0.706. The molecule has 0 aliphatic carbocycles. The van der Waals surface area contributed by atoms with Gasteiger partial charge in [0.25, 0.3) is 0 Å². The van der Waals surface area contributed by atoms with Gasteiger partial charge in [0.1, 0.15) is 0 Å². The van der Waals surface area contributed by atoms with Crippen LogP contribution < -0.4 is 4.90 Å². The molecule has 138 valence electrons. The number of amides is 2. The van der Waals surface area contributed by atoms with Crippen molar-refractivity contribution >= 4 is 28.3 Å². The third-order valence-corrected chi connectivity index (χ3v) is 5.94. The number of ether oxygens (including phenoxy) is 1. The molecule has 7 nitrogen and oxygen atoms in total. The van der Waals surface area contributed by atoms with Gasteiger partial charge in [0.05, 0.1) is 25.3 Å². The van der Waals surface area contributed by atoms with Crippen LogP contribution in [0.4, 0.5) is 5.13 Å². The van der Waals surface area contributed by atoms with Crippen LogP contribution in [-0.2, 0) is 27.3 Å². The first kappa shape index (κ1) is 18.1. The standard InChI is InChI=1S/C17H26N4O3S/c1-3-15(22)21-6-4-13-14(12-21)25-17(18-13)20-9-7-19(8-10-20)16(23)5-11-24-2/h3-12H2,1-2H3. The van der Waals surface area contributed by atoms with Crippen molar-refractivity contribution in [1.82, 2.24) is 14.8 Å². The third kappa shape index (κ3) is 4.12. The Hall–Kier alpha value is -1.67. The number of nitrogens with zero attached hydrogens (tertiary/aromatic N) is 4. The number of fused-ring (bicyclic) bond motifs is 1. The van der Waals surface area contributed by atoms with Gasteiger partial charge in [0.2, 0.25) is 11.8 Å². The molecule has 0 bridgehead atoms. The Morgan fingerprint density at radius 2 is 1.88 bits per heavy atom. The van der Waals surface area contributed by atoms with Gasteiger partial charge in [0, 0.05) is 57.6 Å². The van der Waals surface area contributed by atoms with Crippen LogP contribution in [0.2, 0.25) is 0 Å². The molecule has 8 heteroatoms. The van der Waals surface area contributed by atoms with Crippen LogP contribution >= 0.6 is 11.3 Å². The van der Waals surface area contributed by atoms with E-state index in [2.05, 4.69) is 4.90 Å². The number of hydrogen-bond donors (Lipinski definition) is 0. The average Bonchev–Trinajstić information content (AvgIpc) is 3.08. The predicted octanol–water partition coefficient (Wildman–Crippen LogP) is 1.12. The van der Waals surface area contributed by atoms with Crippen molar-refractivity contribution in [1.29, 1.82) is 0 Å². The summed E-state index contributed by atoms with van der Waals surface area (Å²) in [6.07, 6.45) is 1.84. The Kier molecular flexibility index (Phi) is 5.90. The van der Waals surface area contributed by atoms with Gasteiger partial charge in [-0.15, -0.1) is 0 Å². The number of anilines is 1. The Balaban J connectivity index is 1.57. The normalized spacial score (nSPS) is 17.6. The fourth-order valence-corrected chi connectivity index (χ4v) is 4.42. The van der Waals surface area contributed by atoms with E-state index in [1.54, 1.807) is 18.4 Å². The van der Waals surface area contributed by atoms with Crippen molar-refractivity contribution < 1.29 is 14.3 Å². The summed E-state index contributed by atoms with van der Waals surface area (Å²) in [6.45, 7) is 6.92. The number of piperazine rings is 1. The smallest absolute Gasteiger partial charge is 0.225 e. The van der Waals surface area contributed by atoms with Crippen LogP contribution in [0.3, 0.4) is 0 Å². The van der Waals surface area contributed by atoms with Gasteiger partial charge in [-0.1, -0.05) is 18.3 Å². The molecule has 0 saturated carbocycles. The summed E-state index contributed by atoms with van der Waals surface area (Å²) in [5.41, 5.74) is 1.14. The van der Waals surface area contributed by atoms with E-state index in [0.717, 1.165) is 50.0 Å². The zero-order valence-corrected chi connectivity index (χ0v) is 15.8. The van der Waals surface area contributed by atoms with Gasteiger partial charge in [0.15, 0.2) is 5.13 Å². The first-order valence-electron chi connectivity index (χ1n) is 8.90. The zero-order valence-electron chi connectivity index (χ0n) is 15.0. The van der Waals surface area contributed by atoms with Gasteiger partial charge < -0.3 is 19.4 Å². The van der Waals surface area contributed by atoms with Crippen molar-refractivity contribution in [3.63, 3.8) is 0 Å². The second-order valence-electron chi connectivity index (χ2n) is 6.40. The van der Waals surface area contributed by atoms with Crippen molar-refractivity contribution in [3.8, 4) is 0 Å². The van der Waals surface area contributed by atoms with E-state index >= 15 is 0 Å². The second kappa shape index (κ2) is 8.14. The highest BCUT2D eigenvalue weighted by Crippen LogP contribution is 2.31. The first-order valence-corrected chi connectivity index (χ1v) is 9.72. The molecular weight excluding hydrogens is 340 g/mol. The van der Waals surface area contributed by atoms with Gasteiger partial charge in [-0.2, -0.15) is 0 Å². The lowest BCUT2D eigenvalue weighted by Gasteiger charge is -2.34. The molecule has 1 aromatic rings. The minimum absolute atomic E-state index is 0.161. The Morgan fingerprint density at radius 3 is 2.56 bits per heavy atom. The SMILES string of the molecule is CCC(=O)N1CCc2nc(N3CCN(C(=O)CCOC)CC3)sc2C1. The van der Waals surface area contributed by atoms with E-state index in [-0.39, 0.29) is 11.8 Å². The van der Waals surface area contributed by atoms with Crippen LogP contribution in [0, 0.1) is 0 Å². The molecule has 0 atom stereocenters. The van der Waals surface area contributed by atoms with E-state index < -0.39 is 0 Å². The topological polar surface area (TPSA) is 66.0 Å². The number of aromatic nitrogens is 1. The minimum atomic E-state index is 0.161. The molecule has 25 heavy (non-hydrogen) atoms. The molecule has 0 unspecified atom stereocenters. The van der Waals surface area contributed by atoms with Crippen molar-refractivity contribution in [2.75, 3.05) is 51.3 Å². The molecule has 2 amide bonds. The second-order valence-corrected chi connectivity index (χ2v) is 7.46. The lowest BCUT2D eigenvalue weighted by Crippen LogP contribution is -2.49. The number of rotatable bonds is 5. The highest BCUT2D eigenvalue weighted by Gasteiger charge is 2.27. The third-order valence-electron chi connectivity index (χ3n) is 4.80. The summed E-state index contributed by atoms with van der Waals surface area (Å²) >= 11 is 1.69. The maximum Gasteiger partial charge on any atom is 0.225 e. The number of hydrogen-bond acceptors (Lipinski definition) is 6. The van der Waals surface area contributed by atoms with Crippen molar-refractivity contribution in [3.05, 3.63) is 10.6 Å². The summed E-state index contributed by atoms with van der Waals surface area (Å²) in [5.74, 6) is 0.373. The molecule has 2 aliphatic heterocycles. The first-order chi connectivity index (χ1) is 12.1. The molecule has 0 spiro atoms. The summed E-state index contributed by atoms with van der Waals surface area (Å²) < 4.78 is 4.98. The monoisotopic (exact) mass is 366 g/mol. The summed E-state index contributed by atoms with van der Waals surface area (Å²) in [4.78, 5) is 36.1. The molecule has 0 N–H and O–H groups in total. The van der Waals surface area contributed by atoms with Crippen LogP contribution in [0.1, 0.15) is 30.3 Å². The zero-order chi connectivity index (χ0) is 17.8. The number of carbonyl (C=O) groups excluding carboxylic acids is 2. The minimum Gasteiger partial charge on any atom is -0.384 e. The van der Waals surface area contributed by atoms with Gasteiger partial charge in [-0.3, -0.25) is 9.59 Å². The van der Waals surface area contributed by atoms with E-state index in [4.69, 9.17) is 9.72 Å². The van der Waals surface area contributed by atoms with E-state index in [1.165, 1.54) is 4.88 Å². The fourth-order valence-electron chi connectivity index (χ4n) is 3.25. The highest BCUT2D eigenvalue weighted by atomic mass is 32.1. The van der Waals surface area contributed by atoms with Crippen LogP contribution in [0.15, 0.2) is 0 Å². The molecule has 2 aliphatic rings. The number of thiazole rings is 1. The molecule has 3 heterocycles. The highest BCUT2D eigenvalue weighted by molar-refractivity contribution is 7.15.